The molecule has 0 spiro atoms. The average Bonchev–Trinajstić information content (AvgIpc) is 2.43. The summed E-state index contributed by atoms with van der Waals surface area (Å²) in [5.74, 6) is 4.74. The van der Waals surface area contributed by atoms with E-state index < -0.39 is 5.97 Å². The van der Waals surface area contributed by atoms with Gasteiger partial charge in [0.25, 0.3) is 0 Å². The van der Waals surface area contributed by atoms with Crippen molar-refractivity contribution < 1.29 is 14.7 Å². The summed E-state index contributed by atoms with van der Waals surface area (Å²) in [4.78, 5) is 23.1. The molecule has 0 aromatic carbocycles. The minimum atomic E-state index is -1.09. The average molecular weight is 316 g/mol. The SMILES string of the molecule is CCc1c(C(=O)O)nnc(C#CC(=O)CC(C)C)c1CC(C)C. The molecule has 0 atom stereocenters. The first kappa shape index (κ1) is 18.8. The van der Waals surface area contributed by atoms with Crippen molar-refractivity contribution in [3.8, 4) is 11.8 Å². The van der Waals surface area contributed by atoms with Crippen molar-refractivity contribution in [2.24, 2.45) is 11.8 Å². The number of nitrogens with zero attached hydrogens (tertiary/aromatic N) is 2. The summed E-state index contributed by atoms with van der Waals surface area (Å²) in [7, 11) is 0. The monoisotopic (exact) mass is 316 g/mol. The van der Waals surface area contributed by atoms with Crippen LogP contribution in [-0.4, -0.2) is 27.1 Å². The highest BCUT2D eigenvalue weighted by atomic mass is 16.4. The molecule has 0 radical (unpaired) electrons. The number of carbonyl (C=O) groups is 2. The van der Waals surface area contributed by atoms with Crippen LogP contribution in [-0.2, 0) is 17.6 Å². The van der Waals surface area contributed by atoms with E-state index in [1.54, 1.807) is 0 Å². The Morgan fingerprint density at radius 1 is 1.09 bits per heavy atom. The van der Waals surface area contributed by atoms with Crippen molar-refractivity contribution in [1.29, 1.82) is 0 Å². The summed E-state index contributed by atoms with van der Waals surface area (Å²) in [5.41, 5.74) is 1.83. The molecule has 1 aromatic heterocycles. The molecule has 1 rings (SSSR count). The van der Waals surface area contributed by atoms with Gasteiger partial charge in [-0.2, -0.15) is 0 Å². The topological polar surface area (TPSA) is 80.2 Å². The maximum absolute atomic E-state index is 11.8. The molecule has 23 heavy (non-hydrogen) atoms. The van der Waals surface area contributed by atoms with Crippen LogP contribution in [0.1, 0.15) is 68.3 Å². The molecule has 1 heterocycles. The second-order valence-electron chi connectivity index (χ2n) is 6.38. The lowest BCUT2D eigenvalue weighted by molar-refractivity contribution is -0.114. The zero-order valence-electron chi connectivity index (χ0n) is 14.4. The van der Waals surface area contributed by atoms with E-state index >= 15 is 0 Å². The van der Waals surface area contributed by atoms with Crippen molar-refractivity contribution >= 4 is 11.8 Å². The van der Waals surface area contributed by atoms with Crippen LogP contribution in [0.5, 0.6) is 0 Å². The van der Waals surface area contributed by atoms with E-state index in [1.165, 1.54) is 0 Å². The van der Waals surface area contributed by atoms with Crippen molar-refractivity contribution in [1.82, 2.24) is 10.2 Å². The smallest absolute Gasteiger partial charge is 0.356 e. The van der Waals surface area contributed by atoms with Gasteiger partial charge in [0.1, 0.15) is 5.69 Å². The number of ketones is 1. The molecule has 0 aliphatic heterocycles. The van der Waals surface area contributed by atoms with Crippen LogP contribution in [0.2, 0.25) is 0 Å². The van der Waals surface area contributed by atoms with Crippen molar-refractivity contribution in [2.75, 3.05) is 0 Å². The lowest BCUT2D eigenvalue weighted by Gasteiger charge is -2.13. The molecule has 0 fully saturated rings. The normalized spacial score (nSPS) is 10.6. The third kappa shape index (κ3) is 5.48. The van der Waals surface area contributed by atoms with Crippen LogP contribution < -0.4 is 0 Å². The van der Waals surface area contributed by atoms with Crippen molar-refractivity contribution in [3.63, 3.8) is 0 Å². The number of aromatic nitrogens is 2. The van der Waals surface area contributed by atoms with E-state index in [-0.39, 0.29) is 17.4 Å². The minimum Gasteiger partial charge on any atom is -0.476 e. The zero-order valence-corrected chi connectivity index (χ0v) is 14.4. The number of hydrogen-bond donors (Lipinski definition) is 1. The Bertz CT molecular complexity index is 652. The number of carbonyl (C=O) groups excluding carboxylic acids is 1. The van der Waals surface area contributed by atoms with E-state index in [0.717, 1.165) is 5.56 Å². The summed E-state index contributed by atoms with van der Waals surface area (Å²) in [5, 5.41) is 17.0. The first-order chi connectivity index (χ1) is 10.8. The molecule has 0 unspecified atom stereocenters. The predicted molar refractivity (Wildman–Crippen MR) is 88.3 cm³/mol. The van der Waals surface area contributed by atoms with Crippen molar-refractivity contribution in [3.05, 3.63) is 22.5 Å². The highest BCUT2D eigenvalue weighted by Crippen LogP contribution is 2.20. The maximum Gasteiger partial charge on any atom is 0.356 e. The fourth-order valence-electron chi connectivity index (χ4n) is 2.34. The number of carboxylic acids is 1. The largest absolute Gasteiger partial charge is 0.476 e. The van der Waals surface area contributed by atoms with Gasteiger partial charge >= 0.3 is 5.97 Å². The summed E-state index contributed by atoms with van der Waals surface area (Å²) in [6.45, 7) is 9.89. The highest BCUT2D eigenvalue weighted by Gasteiger charge is 2.19. The lowest BCUT2D eigenvalue weighted by atomic mass is 9.94. The van der Waals surface area contributed by atoms with Gasteiger partial charge in [-0.15, -0.1) is 10.2 Å². The summed E-state index contributed by atoms with van der Waals surface area (Å²) < 4.78 is 0. The molecule has 0 amide bonds. The first-order valence-electron chi connectivity index (χ1n) is 7.92. The number of Topliss-reactive ketones (excluding diaryl/α,β-unsaturated/α-hetero) is 1. The van der Waals surface area contributed by atoms with Gasteiger partial charge in [-0.05, 0) is 47.6 Å². The number of hydrogen-bond acceptors (Lipinski definition) is 4. The van der Waals surface area contributed by atoms with Gasteiger partial charge in [0.05, 0.1) is 0 Å². The van der Waals surface area contributed by atoms with Crippen molar-refractivity contribution in [2.45, 2.75) is 53.9 Å². The van der Waals surface area contributed by atoms with Crippen LogP contribution in [0.3, 0.4) is 0 Å². The molecule has 5 nitrogen and oxygen atoms in total. The van der Waals surface area contributed by atoms with Gasteiger partial charge < -0.3 is 5.11 Å². The van der Waals surface area contributed by atoms with Gasteiger partial charge in [-0.1, -0.05) is 34.6 Å². The third-order valence-corrected chi connectivity index (χ3v) is 3.27. The molecule has 0 saturated heterocycles. The molecule has 0 saturated carbocycles. The van der Waals surface area contributed by atoms with Gasteiger partial charge in [0, 0.05) is 6.42 Å². The molecular formula is C18H24N2O3. The third-order valence-electron chi connectivity index (χ3n) is 3.27. The molecule has 124 valence electrons. The maximum atomic E-state index is 11.8. The molecule has 0 aliphatic rings. The quantitative estimate of drug-likeness (QED) is 0.816. The lowest BCUT2D eigenvalue weighted by Crippen LogP contribution is -2.14. The van der Waals surface area contributed by atoms with Gasteiger partial charge in [0.15, 0.2) is 5.69 Å². The predicted octanol–water partition coefficient (Wildman–Crippen LogP) is 2.90. The number of carboxylic acid groups (broad SMARTS) is 1. The Labute approximate surface area is 137 Å². The van der Waals surface area contributed by atoms with Crippen LogP contribution in [0, 0.1) is 23.7 Å². The van der Waals surface area contributed by atoms with E-state index in [2.05, 4.69) is 22.0 Å². The fourth-order valence-corrected chi connectivity index (χ4v) is 2.34. The molecular weight excluding hydrogens is 292 g/mol. The Hall–Kier alpha value is -2.22. The zero-order chi connectivity index (χ0) is 17.6. The van der Waals surface area contributed by atoms with E-state index in [0.29, 0.717) is 36.4 Å². The van der Waals surface area contributed by atoms with Gasteiger partial charge in [-0.25, -0.2) is 4.79 Å². The first-order valence-corrected chi connectivity index (χ1v) is 7.92. The molecule has 0 bridgehead atoms. The summed E-state index contributed by atoms with van der Waals surface area (Å²) >= 11 is 0. The van der Waals surface area contributed by atoms with Gasteiger partial charge in [-0.3, -0.25) is 4.79 Å². The Balaban J connectivity index is 3.34. The van der Waals surface area contributed by atoms with Crippen LogP contribution in [0.15, 0.2) is 0 Å². The van der Waals surface area contributed by atoms with E-state index in [1.807, 2.05) is 34.6 Å². The number of rotatable bonds is 6. The summed E-state index contributed by atoms with van der Waals surface area (Å²) in [6, 6.07) is 0. The Kier molecular flexibility index (Phi) is 6.89. The van der Waals surface area contributed by atoms with Crippen LogP contribution in [0.4, 0.5) is 0 Å². The molecule has 1 aromatic rings. The highest BCUT2D eigenvalue weighted by molar-refractivity contribution is 5.96. The second kappa shape index (κ2) is 8.42. The second-order valence-corrected chi connectivity index (χ2v) is 6.38. The summed E-state index contributed by atoms with van der Waals surface area (Å²) in [6.07, 6.45) is 1.59. The number of aromatic carboxylic acids is 1. The Morgan fingerprint density at radius 3 is 2.22 bits per heavy atom. The Morgan fingerprint density at radius 2 is 1.74 bits per heavy atom. The standard InChI is InChI=1S/C18H24N2O3/c1-6-14-15(10-12(4)5)16(19-20-17(14)18(22)23)8-7-13(21)9-11(2)3/h11-12H,6,9-10H2,1-5H3,(H,22,23). The van der Waals surface area contributed by atoms with Crippen LogP contribution in [0.25, 0.3) is 0 Å². The fraction of sp³-hybridized carbons (Fsp3) is 0.556. The van der Waals surface area contributed by atoms with Crippen LogP contribution >= 0.6 is 0 Å². The van der Waals surface area contributed by atoms with E-state index in [4.69, 9.17) is 0 Å². The van der Waals surface area contributed by atoms with Gasteiger partial charge in [0.2, 0.25) is 5.78 Å². The molecule has 0 aliphatic carbocycles. The molecule has 5 heteroatoms. The van der Waals surface area contributed by atoms with E-state index in [9.17, 15) is 14.7 Å². The molecule has 1 N–H and O–H groups in total. The minimum absolute atomic E-state index is 0.0257.